The molecule has 1 atom stereocenters. The molecule has 1 aromatic rings. The van der Waals surface area contributed by atoms with E-state index in [0.29, 0.717) is 31.9 Å². The maximum atomic E-state index is 12.9. The Morgan fingerprint density at radius 1 is 1.43 bits per heavy atom. The Labute approximate surface area is 136 Å². The highest BCUT2D eigenvalue weighted by molar-refractivity contribution is 5.94. The number of hydrogen-bond acceptors (Lipinski definition) is 4. The van der Waals surface area contributed by atoms with E-state index in [-0.39, 0.29) is 11.8 Å². The molecule has 0 aliphatic carbocycles. The van der Waals surface area contributed by atoms with Crippen LogP contribution in [0.25, 0.3) is 0 Å². The van der Waals surface area contributed by atoms with Crippen LogP contribution in [0, 0.1) is 12.3 Å². The highest BCUT2D eigenvalue weighted by Gasteiger charge is 2.49. The van der Waals surface area contributed by atoms with Gasteiger partial charge in [0.1, 0.15) is 5.69 Å². The molecule has 2 aliphatic heterocycles. The van der Waals surface area contributed by atoms with Gasteiger partial charge in [-0.3, -0.25) is 14.7 Å². The molecule has 2 saturated heterocycles. The molecule has 126 valence electrons. The third-order valence-electron chi connectivity index (χ3n) is 4.96. The van der Waals surface area contributed by atoms with E-state index in [2.05, 4.69) is 10.2 Å². The zero-order chi connectivity index (χ0) is 16.4. The first-order chi connectivity index (χ1) is 11.1. The SMILES string of the molecule is COCCN1CCC[C@]2(CCN(C(=O)c3cc(C)[nH]n3)C2)C1=O. The van der Waals surface area contributed by atoms with Crippen LogP contribution in [0.5, 0.6) is 0 Å². The normalized spacial score (nSPS) is 24.7. The van der Waals surface area contributed by atoms with E-state index in [1.807, 2.05) is 11.8 Å². The van der Waals surface area contributed by atoms with E-state index < -0.39 is 5.41 Å². The second kappa shape index (κ2) is 6.31. The van der Waals surface area contributed by atoms with Gasteiger partial charge < -0.3 is 14.5 Å². The Balaban J connectivity index is 1.70. The van der Waals surface area contributed by atoms with Crippen LogP contribution < -0.4 is 0 Å². The molecular weight excluding hydrogens is 296 g/mol. The third kappa shape index (κ3) is 2.97. The first kappa shape index (κ1) is 16.0. The number of ether oxygens (including phenoxy) is 1. The number of H-pyrrole nitrogens is 1. The van der Waals surface area contributed by atoms with Gasteiger partial charge in [0.05, 0.1) is 12.0 Å². The second-order valence-electron chi connectivity index (χ2n) is 6.58. The van der Waals surface area contributed by atoms with Crippen LogP contribution in [0.15, 0.2) is 6.07 Å². The molecule has 0 aromatic carbocycles. The van der Waals surface area contributed by atoms with Crippen LogP contribution in [-0.4, -0.2) is 71.7 Å². The molecule has 2 aliphatic rings. The topological polar surface area (TPSA) is 78.5 Å². The third-order valence-corrected chi connectivity index (χ3v) is 4.96. The predicted octanol–water partition coefficient (Wildman–Crippen LogP) is 0.819. The molecule has 2 amide bonds. The number of nitrogens with one attached hydrogen (secondary N) is 1. The number of likely N-dealkylation sites (tertiary alicyclic amines) is 2. The average Bonchev–Trinajstić information content (AvgIpc) is 3.16. The van der Waals surface area contributed by atoms with Gasteiger partial charge in [0, 0.05) is 39.0 Å². The molecule has 7 heteroatoms. The van der Waals surface area contributed by atoms with Gasteiger partial charge in [-0.05, 0) is 32.3 Å². The number of aromatic nitrogens is 2. The van der Waals surface area contributed by atoms with Crippen molar-refractivity contribution >= 4 is 11.8 Å². The van der Waals surface area contributed by atoms with Crippen LogP contribution in [0.4, 0.5) is 0 Å². The molecule has 23 heavy (non-hydrogen) atoms. The first-order valence-electron chi connectivity index (χ1n) is 8.15. The maximum Gasteiger partial charge on any atom is 0.274 e. The minimum atomic E-state index is -0.410. The van der Waals surface area contributed by atoms with E-state index in [4.69, 9.17) is 4.74 Å². The quantitative estimate of drug-likeness (QED) is 0.891. The summed E-state index contributed by atoms with van der Waals surface area (Å²) < 4.78 is 5.09. The summed E-state index contributed by atoms with van der Waals surface area (Å²) >= 11 is 0. The van der Waals surface area contributed by atoms with E-state index in [1.165, 1.54) is 0 Å². The molecule has 0 bridgehead atoms. The zero-order valence-electron chi connectivity index (χ0n) is 13.8. The fourth-order valence-electron chi connectivity index (χ4n) is 3.68. The van der Waals surface area contributed by atoms with Gasteiger partial charge in [0.15, 0.2) is 0 Å². The second-order valence-corrected chi connectivity index (χ2v) is 6.58. The summed E-state index contributed by atoms with van der Waals surface area (Å²) in [5.74, 6) is 0.0855. The lowest BCUT2D eigenvalue weighted by Crippen LogP contribution is -2.51. The number of hydrogen-bond donors (Lipinski definition) is 1. The van der Waals surface area contributed by atoms with Crippen molar-refractivity contribution in [1.82, 2.24) is 20.0 Å². The van der Waals surface area contributed by atoms with Crippen molar-refractivity contribution in [1.29, 1.82) is 0 Å². The fourth-order valence-corrected chi connectivity index (χ4v) is 3.68. The molecule has 3 rings (SSSR count). The van der Waals surface area contributed by atoms with Crippen LogP contribution in [0.3, 0.4) is 0 Å². The lowest BCUT2D eigenvalue weighted by molar-refractivity contribution is -0.146. The van der Waals surface area contributed by atoms with Crippen LogP contribution in [0.2, 0.25) is 0 Å². The van der Waals surface area contributed by atoms with Gasteiger partial charge in [0.25, 0.3) is 5.91 Å². The number of amides is 2. The van der Waals surface area contributed by atoms with E-state index >= 15 is 0 Å². The van der Waals surface area contributed by atoms with Gasteiger partial charge in [-0.15, -0.1) is 0 Å². The van der Waals surface area contributed by atoms with Crippen molar-refractivity contribution in [2.75, 3.05) is 39.9 Å². The number of aromatic amines is 1. The van der Waals surface area contributed by atoms with Gasteiger partial charge in [0.2, 0.25) is 5.91 Å². The van der Waals surface area contributed by atoms with Crippen LogP contribution in [-0.2, 0) is 9.53 Å². The molecule has 1 aromatic heterocycles. The Kier molecular flexibility index (Phi) is 4.39. The average molecular weight is 320 g/mol. The number of piperidine rings is 1. The molecule has 7 nitrogen and oxygen atoms in total. The van der Waals surface area contributed by atoms with Gasteiger partial charge >= 0.3 is 0 Å². The highest BCUT2D eigenvalue weighted by atomic mass is 16.5. The van der Waals surface area contributed by atoms with Crippen LogP contribution >= 0.6 is 0 Å². The number of carbonyl (C=O) groups is 2. The highest BCUT2D eigenvalue weighted by Crippen LogP contribution is 2.40. The number of nitrogens with zero attached hydrogens (tertiary/aromatic N) is 3. The molecular formula is C16H24N4O3. The van der Waals surface area contributed by atoms with Crippen molar-refractivity contribution in [3.05, 3.63) is 17.5 Å². The number of aryl methyl sites for hydroxylation is 1. The molecule has 0 unspecified atom stereocenters. The Bertz CT molecular complexity index is 600. The minimum Gasteiger partial charge on any atom is -0.383 e. The van der Waals surface area contributed by atoms with Crippen molar-refractivity contribution in [3.63, 3.8) is 0 Å². The number of carbonyl (C=O) groups excluding carboxylic acids is 2. The van der Waals surface area contributed by atoms with Gasteiger partial charge in [-0.2, -0.15) is 5.10 Å². The van der Waals surface area contributed by atoms with E-state index in [0.717, 1.165) is 31.5 Å². The Hall–Kier alpha value is -1.89. The lowest BCUT2D eigenvalue weighted by Gasteiger charge is -2.39. The molecule has 1 spiro atoms. The summed E-state index contributed by atoms with van der Waals surface area (Å²) in [6.07, 6.45) is 2.59. The van der Waals surface area contributed by atoms with Crippen molar-refractivity contribution < 1.29 is 14.3 Å². The molecule has 3 heterocycles. The summed E-state index contributed by atoms with van der Waals surface area (Å²) in [5.41, 5.74) is 0.883. The molecule has 0 radical (unpaired) electrons. The van der Waals surface area contributed by atoms with Crippen molar-refractivity contribution in [2.24, 2.45) is 5.41 Å². The van der Waals surface area contributed by atoms with Crippen LogP contribution in [0.1, 0.15) is 35.4 Å². The predicted molar refractivity (Wildman–Crippen MR) is 84.0 cm³/mol. The first-order valence-corrected chi connectivity index (χ1v) is 8.15. The fraction of sp³-hybridized carbons (Fsp3) is 0.688. The van der Waals surface area contributed by atoms with Crippen molar-refractivity contribution in [2.45, 2.75) is 26.2 Å². The van der Waals surface area contributed by atoms with Gasteiger partial charge in [-0.25, -0.2) is 0 Å². The monoisotopic (exact) mass is 320 g/mol. The van der Waals surface area contributed by atoms with E-state index in [9.17, 15) is 9.59 Å². The number of rotatable bonds is 4. The standard InChI is InChI=1S/C16H24N4O3/c1-12-10-13(18-17-12)14(21)20-7-5-16(11-20)4-3-6-19(15(16)22)8-9-23-2/h10H,3-9,11H2,1-2H3,(H,17,18)/t16-/m1/s1. The molecule has 1 N–H and O–H groups in total. The summed E-state index contributed by atoms with van der Waals surface area (Å²) in [6, 6.07) is 1.75. The van der Waals surface area contributed by atoms with Gasteiger partial charge in [-0.1, -0.05) is 0 Å². The largest absolute Gasteiger partial charge is 0.383 e. The number of methoxy groups -OCH3 is 1. The lowest BCUT2D eigenvalue weighted by atomic mass is 9.78. The molecule has 0 saturated carbocycles. The summed E-state index contributed by atoms with van der Waals surface area (Å²) in [6.45, 7) is 4.96. The summed E-state index contributed by atoms with van der Waals surface area (Å²) in [4.78, 5) is 29.1. The Morgan fingerprint density at radius 2 is 2.26 bits per heavy atom. The zero-order valence-corrected chi connectivity index (χ0v) is 13.8. The summed E-state index contributed by atoms with van der Waals surface area (Å²) in [7, 11) is 1.64. The summed E-state index contributed by atoms with van der Waals surface area (Å²) in [5, 5.41) is 6.84. The van der Waals surface area contributed by atoms with Crippen molar-refractivity contribution in [3.8, 4) is 0 Å². The Morgan fingerprint density at radius 3 is 2.96 bits per heavy atom. The smallest absolute Gasteiger partial charge is 0.274 e. The minimum absolute atomic E-state index is 0.0898. The maximum absolute atomic E-state index is 12.9. The molecule has 2 fully saturated rings. The van der Waals surface area contributed by atoms with E-state index in [1.54, 1.807) is 18.1 Å².